The first-order valence-corrected chi connectivity index (χ1v) is 9.22. The van der Waals surface area contributed by atoms with Crippen LogP contribution in [0.1, 0.15) is 15.9 Å². The summed E-state index contributed by atoms with van der Waals surface area (Å²) in [5.74, 6) is -0.0813. The summed E-state index contributed by atoms with van der Waals surface area (Å²) in [6, 6.07) is 21.6. The highest BCUT2D eigenvalue weighted by Gasteiger charge is 2.22. The van der Waals surface area contributed by atoms with Crippen molar-refractivity contribution < 1.29 is 25.2 Å². The molecule has 0 bridgehead atoms. The number of carbonyl (C=O) groups excluding carboxylic acids is 1. The van der Waals surface area contributed by atoms with Crippen molar-refractivity contribution in [1.29, 1.82) is 0 Å². The van der Waals surface area contributed by atoms with E-state index >= 15 is 0 Å². The van der Waals surface area contributed by atoms with Gasteiger partial charge in [-0.05, 0) is 71.8 Å². The van der Waals surface area contributed by atoms with Gasteiger partial charge >= 0.3 is 0 Å². The van der Waals surface area contributed by atoms with E-state index in [0.717, 1.165) is 0 Å². The smallest absolute Gasteiger partial charge is 0.193 e. The predicted octanol–water partition coefficient (Wildman–Crippen LogP) is 5.07. The molecule has 5 heteroatoms. The molecule has 4 aromatic carbocycles. The maximum absolute atomic E-state index is 13.3. The zero-order chi connectivity index (χ0) is 21.3. The van der Waals surface area contributed by atoms with Crippen LogP contribution in [0.3, 0.4) is 0 Å². The van der Waals surface area contributed by atoms with Crippen LogP contribution >= 0.6 is 0 Å². The third-order valence-corrected chi connectivity index (χ3v) is 4.87. The lowest BCUT2D eigenvalue weighted by Gasteiger charge is -2.17. The zero-order valence-corrected chi connectivity index (χ0v) is 15.8. The molecule has 0 spiro atoms. The van der Waals surface area contributed by atoms with Gasteiger partial charge in [-0.2, -0.15) is 0 Å². The van der Waals surface area contributed by atoms with Gasteiger partial charge in [-0.25, -0.2) is 0 Å². The second kappa shape index (κ2) is 7.64. The molecule has 0 aliphatic carbocycles. The highest BCUT2D eigenvalue weighted by atomic mass is 16.3. The van der Waals surface area contributed by atoms with E-state index in [1.807, 2.05) is 0 Å². The van der Waals surface area contributed by atoms with E-state index in [1.54, 1.807) is 30.3 Å². The number of benzene rings is 4. The van der Waals surface area contributed by atoms with Crippen molar-refractivity contribution >= 4 is 5.78 Å². The standard InChI is InChI=1S/C25H18O5/c26-18-7-1-15(2-8-18)23-21(25(30)17-5-11-20(28)12-6-17)13-14-22(29)24(23)16-3-9-19(27)10-4-16/h1-14,26-29H. The Kier molecular flexibility index (Phi) is 4.86. The van der Waals surface area contributed by atoms with Gasteiger partial charge in [0.15, 0.2) is 5.78 Å². The Hall–Kier alpha value is -4.25. The van der Waals surface area contributed by atoms with Gasteiger partial charge in [0, 0.05) is 22.3 Å². The van der Waals surface area contributed by atoms with Gasteiger partial charge in [0.05, 0.1) is 0 Å². The van der Waals surface area contributed by atoms with Crippen molar-refractivity contribution in [3.63, 3.8) is 0 Å². The Labute approximate surface area is 172 Å². The average Bonchev–Trinajstić information content (AvgIpc) is 2.75. The number of phenols is 4. The lowest BCUT2D eigenvalue weighted by Crippen LogP contribution is -2.05. The molecular formula is C25H18O5. The molecule has 5 nitrogen and oxygen atoms in total. The number of hydrogen-bond donors (Lipinski definition) is 4. The second-order valence-corrected chi connectivity index (χ2v) is 6.85. The maximum atomic E-state index is 13.3. The highest BCUT2D eigenvalue weighted by molar-refractivity contribution is 6.15. The molecule has 148 valence electrons. The molecule has 0 aliphatic heterocycles. The number of aromatic hydroxyl groups is 4. The van der Waals surface area contributed by atoms with E-state index in [0.29, 0.717) is 33.4 Å². The molecular weight excluding hydrogens is 380 g/mol. The summed E-state index contributed by atoms with van der Waals surface area (Å²) >= 11 is 0. The Bertz CT molecular complexity index is 1210. The van der Waals surface area contributed by atoms with Crippen molar-refractivity contribution in [3.8, 4) is 45.3 Å². The van der Waals surface area contributed by atoms with Crippen LogP contribution in [0, 0.1) is 0 Å². The van der Waals surface area contributed by atoms with E-state index in [4.69, 9.17) is 0 Å². The highest BCUT2D eigenvalue weighted by Crippen LogP contribution is 2.42. The predicted molar refractivity (Wildman–Crippen MR) is 114 cm³/mol. The Balaban J connectivity index is 1.99. The number of rotatable bonds is 4. The Morgan fingerprint density at radius 2 is 0.933 bits per heavy atom. The van der Waals surface area contributed by atoms with Gasteiger partial charge in [-0.15, -0.1) is 0 Å². The van der Waals surface area contributed by atoms with E-state index in [-0.39, 0.29) is 28.8 Å². The molecule has 0 atom stereocenters. The van der Waals surface area contributed by atoms with Gasteiger partial charge in [-0.1, -0.05) is 24.3 Å². The third-order valence-electron chi connectivity index (χ3n) is 4.87. The van der Waals surface area contributed by atoms with Crippen LogP contribution in [0.5, 0.6) is 23.0 Å². The van der Waals surface area contributed by atoms with E-state index < -0.39 is 0 Å². The maximum Gasteiger partial charge on any atom is 0.193 e. The van der Waals surface area contributed by atoms with Crippen LogP contribution in [0.2, 0.25) is 0 Å². The number of phenolic OH excluding ortho intramolecular Hbond substituents is 4. The Morgan fingerprint density at radius 3 is 1.43 bits per heavy atom. The summed E-state index contributed by atoms with van der Waals surface area (Å²) in [4.78, 5) is 13.3. The lowest BCUT2D eigenvalue weighted by molar-refractivity contribution is 0.103. The minimum atomic E-state index is -0.280. The molecule has 0 fully saturated rings. The summed E-state index contributed by atoms with van der Waals surface area (Å²) in [6.07, 6.45) is 0. The summed E-state index contributed by atoms with van der Waals surface area (Å²) < 4.78 is 0. The summed E-state index contributed by atoms with van der Waals surface area (Å²) in [6.45, 7) is 0. The van der Waals surface area contributed by atoms with Crippen LogP contribution < -0.4 is 0 Å². The molecule has 0 aromatic heterocycles. The minimum Gasteiger partial charge on any atom is -0.508 e. The molecule has 0 saturated heterocycles. The van der Waals surface area contributed by atoms with Crippen molar-refractivity contribution in [1.82, 2.24) is 0 Å². The molecule has 0 aliphatic rings. The largest absolute Gasteiger partial charge is 0.508 e. The van der Waals surface area contributed by atoms with Gasteiger partial charge in [0.25, 0.3) is 0 Å². The summed E-state index contributed by atoms with van der Waals surface area (Å²) in [5.41, 5.74) is 2.93. The Morgan fingerprint density at radius 1 is 0.500 bits per heavy atom. The van der Waals surface area contributed by atoms with Gasteiger partial charge in [0.2, 0.25) is 0 Å². The van der Waals surface area contributed by atoms with Crippen LogP contribution in [0.4, 0.5) is 0 Å². The second-order valence-electron chi connectivity index (χ2n) is 6.85. The van der Waals surface area contributed by atoms with E-state index in [9.17, 15) is 25.2 Å². The first kappa shape index (κ1) is 19.1. The lowest BCUT2D eigenvalue weighted by atomic mass is 9.86. The van der Waals surface area contributed by atoms with Crippen molar-refractivity contribution in [2.45, 2.75) is 0 Å². The fourth-order valence-electron chi connectivity index (χ4n) is 3.40. The average molecular weight is 398 g/mol. The number of carbonyl (C=O) groups is 1. The van der Waals surface area contributed by atoms with Crippen molar-refractivity contribution in [2.24, 2.45) is 0 Å². The van der Waals surface area contributed by atoms with Crippen molar-refractivity contribution in [2.75, 3.05) is 0 Å². The first-order chi connectivity index (χ1) is 14.4. The van der Waals surface area contributed by atoms with E-state index in [2.05, 4.69) is 0 Å². The van der Waals surface area contributed by atoms with Crippen LogP contribution in [-0.2, 0) is 0 Å². The molecule has 0 radical (unpaired) electrons. The quantitative estimate of drug-likeness (QED) is 0.360. The molecule has 30 heavy (non-hydrogen) atoms. The summed E-state index contributed by atoms with van der Waals surface area (Å²) in [7, 11) is 0. The molecule has 0 unspecified atom stereocenters. The van der Waals surface area contributed by atoms with Gasteiger partial charge in [0.1, 0.15) is 23.0 Å². The molecule has 4 N–H and O–H groups in total. The number of ketones is 1. The first-order valence-electron chi connectivity index (χ1n) is 9.22. The SMILES string of the molecule is O=C(c1ccc(O)cc1)c1ccc(O)c(-c2ccc(O)cc2)c1-c1ccc(O)cc1. The minimum absolute atomic E-state index is 0.0222. The molecule has 4 rings (SSSR count). The van der Waals surface area contributed by atoms with Gasteiger partial charge in [-0.3, -0.25) is 4.79 Å². The topological polar surface area (TPSA) is 98.0 Å². The zero-order valence-electron chi connectivity index (χ0n) is 15.8. The van der Waals surface area contributed by atoms with Crippen LogP contribution in [0.25, 0.3) is 22.3 Å². The van der Waals surface area contributed by atoms with Crippen LogP contribution in [0.15, 0.2) is 84.9 Å². The van der Waals surface area contributed by atoms with E-state index in [1.165, 1.54) is 54.6 Å². The van der Waals surface area contributed by atoms with Crippen molar-refractivity contribution in [3.05, 3.63) is 96.1 Å². The summed E-state index contributed by atoms with van der Waals surface area (Å²) in [5, 5.41) is 39.5. The number of hydrogen-bond acceptors (Lipinski definition) is 5. The van der Waals surface area contributed by atoms with Crippen LogP contribution in [-0.4, -0.2) is 26.2 Å². The molecule has 0 saturated carbocycles. The van der Waals surface area contributed by atoms with Gasteiger partial charge < -0.3 is 20.4 Å². The normalized spacial score (nSPS) is 10.7. The third kappa shape index (κ3) is 3.56. The molecule has 0 amide bonds. The fourth-order valence-corrected chi connectivity index (χ4v) is 3.40. The fraction of sp³-hybridized carbons (Fsp3) is 0. The monoisotopic (exact) mass is 398 g/mol. The molecule has 4 aromatic rings. The molecule has 0 heterocycles.